The van der Waals surface area contributed by atoms with Crippen LogP contribution in [-0.2, 0) is 24.3 Å². The fourth-order valence-corrected chi connectivity index (χ4v) is 4.29. The minimum absolute atomic E-state index is 0.0615. The van der Waals surface area contributed by atoms with E-state index in [2.05, 4.69) is 15.0 Å². The van der Waals surface area contributed by atoms with Crippen molar-refractivity contribution in [2.45, 2.75) is 64.5 Å². The minimum atomic E-state index is -0.412. The van der Waals surface area contributed by atoms with Crippen LogP contribution in [0.5, 0.6) is 0 Å². The van der Waals surface area contributed by atoms with Crippen LogP contribution >= 0.6 is 0 Å². The summed E-state index contributed by atoms with van der Waals surface area (Å²) >= 11 is 0. The predicted molar refractivity (Wildman–Crippen MR) is 102 cm³/mol. The van der Waals surface area contributed by atoms with E-state index in [0.29, 0.717) is 17.6 Å². The summed E-state index contributed by atoms with van der Waals surface area (Å²) in [4.78, 5) is 18.3. The van der Waals surface area contributed by atoms with E-state index in [0.717, 1.165) is 37.7 Å². The minimum Gasteiger partial charge on any atom is -0.456 e. The maximum Gasteiger partial charge on any atom is 0.225 e. The van der Waals surface area contributed by atoms with Gasteiger partial charge < -0.3 is 10.2 Å². The van der Waals surface area contributed by atoms with Gasteiger partial charge in [0.2, 0.25) is 5.91 Å². The molecule has 2 aromatic rings. The largest absolute Gasteiger partial charge is 0.456 e. The Labute approximate surface area is 159 Å². The Balaban J connectivity index is 1.54. The third-order valence-corrected chi connectivity index (χ3v) is 5.66. The predicted octanol–water partition coefficient (Wildman–Crippen LogP) is 2.74. The van der Waals surface area contributed by atoms with Crippen molar-refractivity contribution >= 4 is 5.91 Å². The summed E-state index contributed by atoms with van der Waals surface area (Å²) in [6.45, 7) is 3.93. The lowest BCUT2D eigenvalue weighted by Crippen LogP contribution is -2.17. The molecule has 0 aromatic carbocycles. The highest BCUT2D eigenvalue weighted by atomic mass is 16.3. The molecule has 0 bridgehead atoms. The van der Waals surface area contributed by atoms with Crippen molar-refractivity contribution in [1.82, 2.24) is 19.7 Å². The standard InChI is InChI=1S/C20H29N5O2/c21-18(26)12-19-22-20(25(23-19)13-15-6-2-1-3-7-15)17-9-8-16(27-17)14-24-10-4-5-11-24/h8-9,15H,1-7,10-14H2,(H2,21,26). The molecule has 0 spiro atoms. The molecule has 27 heavy (non-hydrogen) atoms. The molecular weight excluding hydrogens is 342 g/mol. The number of amides is 1. The van der Waals surface area contributed by atoms with Gasteiger partial charge in [-0.3, -0.25) is 9.69 Å². The number of aromatic nitrogens is 3. The van der Waals surface area contributed by atoms with Gasteiger partial charge in [-0.15, -0.1) is 0 Å². The molecular formula is C20H29N5O2. The number of likely N-dealkylation sites (tertiary alicyclic amines) is 1. The number of nitrogens with zero attached hydrogens (tertiary/aromatic N) is 4. The third-order valence-electron chi connectivity index (χ3n) is 5.66. The maximum atomic E-state index is 11.3. The van der Waals surface area contributed by atoms with Crippen LogP contribution in [0, 0.1) is 5.92 Å². The van der Waals surface area contributed by atoms with Gasteiger partial charge in [-0.2, -0.15) is 5.10 Å². The molecule has 1 amide bonds. The van der Waals surface area contributed by atoms with Crippen LogP contribution in [0.3, 0.4) is 0 Å². The summed E-state index contributed by atoms with van der Waals surface area (Å²) in [6.07, 6.45) is 8.93. The van der Waals surface area contributed by atoms with Crippen molar-refractivity contribution in [2.75, 3.05) is 13.1 Å². The monoisotopic (exact) mass is 371 g/mol. The van der Waals surface area contributed by atoms with Crippen LogP contribution in [0.4, 0.5) is 0 Å². The number of nitrogens with two attached hydrogens (primary N) is 1. The molecule has 7 heteroatoms. The molecule has 146 valence electrons. The van der Waals surface area contributed by atoms with Gasteiger partial charge in [0, 0.05) is 6.54 Å². The zero-order valence-corrected chi connectivity index (χ0v) is 15.9. The van der Waals surface area contributed by atoms with E-state index < -0.39 is 5.91 Å². The number of carbonyl (C=O) groups is 1. The zero-order chi connectivity index (χ0) is 18.6. The summed E-state index contributed by atoms with van der Waals surface area (Å²) < 4.78 is 8.02. The molecule has 3 heterocycles. The lowest BCUT2D eigenvalue weighted by atomic mass is 9.89. The van der Waals surface area contributed by atoms with Crippen LogP contribution in [0.25, 0.3) is 11.6 Å². The lowest BCUT2D eigenvalue weighted by molar-refractivity contribution is -0.117. The molecule has 0 unspecified atom stereocenters. The summed E-state index contributed by atoms with van der Waals surface area (Å²) in [7, 11) is 0. The first kappa shape index (κ1) is 18.2. The van der Waals surface area contributed by atoms with Gasteiger partial charge in [0.1, 0.15) is 5.76 Å². The first-order valence-electron chi connectivity index (χ1n) is 10.2. The molecule has 1 saturated carbocycles. The molecule has 2 N–H and O–H groups in total. The van der Waals surface area contributed by atoms with E-state index in [1.807, 2.05) is 16.8 Å². The van der Waals surface area contributed by atoms with E-state index in [-0.39, 0.29) is 6.42 Å². The molecule has 2 fully saturated rings. The van der Waals surface area contributed by atoms with Gasteiger partial charge in [0.25, 0.3) is 0 Å². The van der Waals surface area contributed by atoms with Gasteiger partial charge in [-0.25, -0.2) is 9.67 Å². The van der Waals surface area contributed by atoms with Crippen LogP contribution in [0.2, 0.25) is 0 Å². The summed E-state index contributed by atoms with van der Waals surface area (Å²) in [6, 6.07) is 4.00. The van der Waals surface area contributed by atoms with Crippen molar-refractivity contribution < 1.29 is 9.21 Å². The highest BCUT2D eigenvalue weighted by Crippen LogP contribution is 2.28. The van der Waals surface area contributed by atoms with Crippen LogP contribution in [0.1, 0.15) is 56.5 Å². The average molecular weight is 371 g/mol. The van der Waals surface area contributed by atoms with Gasteiger partial charge in [0.05, 0.1) is 13.0 Å². The van der Waals surface area contributed by atoms with Gasteiger partial charge in [-0.05, 0) is 56.8 Å². The summed E-state index contributed by atoms with van der Waals surface area (Å²) in [5, 5.41) is 4.57. The Morgan fingerprint density at radius 3 is 2.67 bits per heavy atom. The number of primary amides is 1. The Hall–Kier alpha value is -2.15. The quantitative estimate of drug-likeness (QED) is 0.808. The number of hydrogen-bond donors (Lipinski definition) is 1. The fraction of sp³-hybridized carbons (Fsp3) is 0.650. The number of furan rings is 1. The lowest BCUT2D eigenvalue weighted by Gasteiger charge is -2.21. The van der Waals surface area contributed by atoms with Crippen molar-refractivity contribution in [3.63, 3.8) is 0 Å². The second kappa shape index (κ2) is 8.25. The molecule has 2 aromatic heterocycles. The number of hydrogen-bond acceptors (Lipinski definition) is 5. The fourth-order valence-electron chi connectivity index (χ4n) is 4.29. The summed E-state index contributed by atoms with van der Waals surface area (Å²) in [5.41, 5.74) is 5.35. The maximum absolute atomic E-state index is 11.3. The van der Waals surface area contributed by atoms with Crippen molar-refractivity contribution in [3.05, 3.63) is 23.7 Å². The topological polar surface area (TPSA) is 90.2 Å². The highest BCUT2D eigenvalue weighted by Gasteiger charge is 2.22. The zero-order valence-electron chi connectivity index (χ0n) is 15.9. The molecule has 1 aliphatic carbocycles. The number of carbonyl (C=O) groups excluding carboxylic acids is 1. The molecule has 0 atom stereocenters. The first-order chi connectivity index (χ1) is 13.2. The Kier molecular flexibility index (Phi) is 5.57. The Bertz CT molecular complexity index is 769. The third kappa shape index (κ3) is 4.58. The molecule has 0 radical (unpaired) electrons. The van der Waals surface area contributed by atoms with E-state index in [1.54, 1.807) is 0 Å². The van der Waals surface area contributed by atoms with Crippen LogP contribution in [0.15, 0.2) is 16.5 Å². The summed E-state index contributed by atoms with van der Waals surface area (Å²) in [5.74, 6) is 3.07. The van der Waals surface area contributed by atoms with E-state index in [4.69, 9.17) is 10.2 Å². The normalized spacial score (nSPS) is 19.0. The Morgan fingerprint density at radius 1 is 1.15 bits per heavy atom. The molecule has 4 rings (SSSR count). The molecule has 2 aliphatic rings. The van der Waals surface area contributed by atoms with E-state index in [9.17, 15) is 4.79 Å². The van der Waals surface area contributed by atoms with Crippen molar-refractivity contribution in [3.8, 4) is 11.6 Å². The Morgan fingerprint density at radius 2 is 1.93 bits per heavy atom. The smallest absolute Gasteiger partial charge is 0.225 e. The van der Waals surface area contributed by atoms with Crippen LogP contribution in [-0.4, -0.2) is 38.7 Å². The highest BCUT2D eigenvalue weighted by molar-refractivity contribution is 5.75. The molecule has 1 saturated heterocycles. The second-order valence-corrected chi connectivity index (χ2v) is 7.93. The van der Waals surface area contributed by atoms with Crippen LogP contribution < -0.4 is 5.73 Å². The first-order valence-corrected chi connectivity index (χ1v) is 10.2. The molecule has 7 nitrogen and oxygen atoms in total. The van der Waals surface area contributed by atoms with E-state index in [1.165, 1.54) is 44.9 Å². The van der Waals surface area contributed by atoms with Gasteiger partial charge in [0.15, 0.2) is 17.4 Å². The van der Waals surface area contributed by atoms with Crippen molar-refractivity contribution in [1.29, 1.82) is 0 Å². The molecule has 1 aliphatic heterocycles. The van der Waals surface area contributed by atoms with Crippen molar-refractivity contribution in [2.24, 2.45) is 11.7 Å². The SMILES string of the molecule is NC(=O)Cc1nc(-c2ccc(CN3CCCC3)o2)n(CC2CCCCC2)n1. The average Bonchev–Trinajstić information content (AvgIpc) is 3.38. The van der Waals surface area contributed by atoms with E-state index >= 15 is 0 Å². The number of rotatable bonds is 7. The van der Waals surface area contributed by atoms with Gasteiger partial charge in [-0.1, -0.05) is 19.3 Å². The second-order valence-electron chi connectivity index (χ2n) is 7.93. The van der Waals surface area contributed by atoms with Gasteiger partial charge >= 0.3 is 0 Å².